The Morgan fingerprint density at radius 2 is 2.24 bits per heavy atom. The predicted octanol–water partition coefficient (Wildman–Crippen LogP) is 1.48. The molecule has 0 aromatic carbocycles. The normalized spacial score (nSPS) is 9.90. The molecule has 1 amide bonds. The molecule has 7 nitrogen and oxygen atoms in total. The lowest BCUT2D eigenvalue weighted by Gasteiger charge is -2.02. The minimum absolute atomic E-state index is 0.0502. The van der Waals surface area contributed by atoms with Crippen LogP contribution in [0.1, 0.15) is 37.9 Å². The molecule has 0 spiro atoms. The molecule has 0 bridgehead atoms. The smallest absolute Gasteiger partial charge is 0.339 e. The van der Waals surface area contributed by atoms with Gasteiger partial charge in [-0.2, -0.15) is 5.26 Å². The molecule has 0 unspecified atom stereocenters. The number of nitrogens with zero attached hydrogens (tertiary/aromatic N) is 2. The summed E-state index contributed by atoms with van der Waals surface area (Å²) in [6, 6.07) is 6.19. The first-order valence-electron chi connectivity index (χ1n) is 5.98. The Kier molecular flexibility index (Phi) is 4.00. The van der Waals surface area contributed by atoms with Crippen molar-refractivity contribution in [3.8, 4) is 6.07 Å². The number of hydrogen-bond donors (Lipinski definition) is 2. The molecule has 0 aliphatic carbocycles. The summed E-state index contributed by atoms with van der Waals surface area (Å²) in [6.07, 6.45) is 1.30. The molecule has 2 N–H and O–H groups in total. The number of aryl methyl sites for hydroxylation is 1. The van der Waals surface area contributed by atoms with Crippen molar-refractivity contribution in [3.05, 3.63) is 52.7 Å². The molecule has 0 saturated carbocycles. The Labute approximate surface area is 119 Å². The number of hydrogen-bond acceptors (Lipinski definition) is 5. The van der Waals surface area contributed by atoms with Crippen LogP contribution in [0.2, 0.25) is 0 Å². The third-order valence-electron chi connectivity index (χ3n) is 2.75. The van der Waals surface area contributed by atoms with Crippen LogP contribution in [0.3, 0.4) is 0 Å². The molecule has 2 heterocycles. The number of aromatic nitrogens is 1. The first-order valence-corrected chi connectivity index (χ1v) is 5.98. The van der Waals surface area contributed by atoms with Gasteiger partial charge in [-0.1, -0.05) is 0 Å². The van der Waals surface area contributed by atoms with Gasteiger partial charge in [-0.15, -0.1) is 0 Å². The highest BCUT2D eigenvalue weighted by Crippen LogP contribution is 2.14. The minimum atomic E-state index is -1.08. The number of nitrogens with one attached hydrogen (secondary N) is 1. The van der Waals surface area contributed by atoms with Crippen LogP contribution < -0.4 is 5.32 Å². The maximum Gasteiger partial charge on any atom is 0.339 e. The lowest BCUT2D eigenvalue weighted by molar-refractivity contribution is 0.0694. The number of nitriles is 1. The molecular formula is C14H11N3O4. The van der Waals surface area contributed by atoms with E-state index in [1.807, 2.05) is 6.07 Å². The van der Waals surface area contributed by atoms with Gasteiger partial charge in [0.05, 0.1) is 12.1 Å². The molecule has 0 radical (unpaired) electrons. The second-order valence-electron chi connectivity index (χ2n) is 4.21. The highest BCUT2D eigenvalue weighted by molar-refractivity contribution is 5.92. The number of carboxylic acid groups (broad SMARTS) is 1. The molecule has 0 aliphatic rings. The first kappa shape index (κ1) is 14.3. The van der Waals surface area contributed by atoms with Crippen molar-refractivity contribution in [2.45, 2.75) is 13.5 Å². The summed E-state index contributed by atoms with van der Waals surface area (Å²) >= 11 is 0. The van der Waals surface area contributed by atoms with Crippen molar-refractivity contribution in [2.75, 3.05) is 0 Å². The van der Waals surface area contributed by atoms with E-state index in [1.165, 1.54) is 31.3 Å². The van der Waals surface area contributed by atoms with Gasteiger partial charge >= 0.3 is 5.97 Å². The quantitative estimate of drug-likeness (QED) is 0.878. The summed E-state index contributed by atoms with van der Waals surface area (Å²) in [4.78, 5) is 26.6. The van der Waals surface area contributed by atoms with Crippen molar-refractivity contribution in [1.29, 1.82) is 5.26 Å². The van der Waals surface area contributed by atoms with E-state index in [1.54, 1.807) is 0 Å². The summed E-state index contributed by atoms with van der Waals surface area (Å²) in [6.45, 7) is 1.59. The predicted molar refractivity (Wildman–Crippen MR) is 70.5 cm³/mol. The van der Waals surface area contributed by atoms with Gasteiger partial charge in [0, 0.05) is 6.20 Å². The van der Waals surface area contributed by atoms with Crippen molar-refractivity contribution < 1.29 is 19.1 Å². The summed E-state index contributed by atoms with van der Waals surface area (Å²) in [5, 5.41) is 20.1. The number of carboxylic acids is 1. The van der Waals surface area contributed by atoms with Crippen molar-refractivity contribution in [2.24, 2.45) is 0 Å². The van der Waals surface area contributed by atoms with Gasteiger partial charge in [-0.3, -0.25) is 4.79 Å². The zero-order valence-electron chi connectivity index (χ0n) is 11.1. The summed E-state index contributed by atoms with van der Waals surface area (Å²) < 4.78 is 5.24. The molecule has 0 atom stereocenters. The fourth-order valence-electron chi connectivity index (χ4n) is 1.70. The van der Waals surface area contributed by atoms with Crippen LogP contribution >= 0.6 is 0 Å². The first-order chi connectivity index (χ1) is 10.0. The van der Waals surface area contributed by atoms with E-state index in [4.69, 9.17) is 14.8 Å². The van der Waals surface area contributed by atoms with Crippen LogP contribution in [0.15, 0.2) is 28.8 Å². The molecule has 2 aromatic heterocycles. The fraction of sp³-hybridized carbons (Fsp3) is 0.143. The van der Waals surface area contributed by atoms with Crippen LogP contribution in [0.4, 0.5) is 0 Å². The summed E-state index contributed by atoms with van der Waals surface area (Å²) in [7, 11) is 0. The maximum atomic E-state index is 11.8. The molecule has 0 saturated heterocycles. The molecule has 21 heavy (non-hydrogen) atoms. The van der Waals surface area contributed by atoms with E-state index >= 15 is 0 Å². The van der Waals surface area contributed by atoms with Gasteiger partial charge in [0.25, 0.3) is 5.91 Å². The second kappa shape index (κ2) is 5.88. The minimum Gasteiger partial charge on any atom is -0.478 e. The number of carbonyl (C=O) groups is 2. The number of amides is 1. The highest BCUT2D eigenvalue weighted by atomic mass is 16.4. The van der Waals surface area contributed by atoms with Crippen LogP contribution in [-0.4, -0.2) is 22.0 Å². The Balaban J connectivity index is 2.02. The van der Waals surface area contributed by atoms with E-state index < -0.39 is 11.9 Å². The molecular weight excluding hydrogens is 274 g/mol. The average molecular weight is 285 g/mol. The highest BCUT2D eigenvalue weighted by Gasteiger charge is 2.14. The van der Waals surface area contributed by atoms with E-state index in [9.17, 15) is 9.59 Å². The zero-order chi connectivity index (χ0) is 15.4. The Bertz CT molecular complexity index is 726. The third kappa shape index (κ3) is 3.25. The third-order valence-corrected chi connectivity index (χ3v) is 2.75. The standard InChI is InChI=1S/C14H11N3O4/c1-8-11(14(19)20)4-10(21-8)7-17-13(18)12-3-2-9(5-15)6-16-12/h2-4,6H,7H2,1H3,(H,17,18)(H,19,20). The maximum absolute atomic E-state index is 11.8. The van der Waals surface area contributed by atoms with Crippen molar-refractivity contribution in [3.63, 3.8) is 0 Å². The van der Waals surface area contributed by atoms with E-state index in [2.05, 4.69) is 10.3 Å². The molecule has 106 valence electrons. The van der Waals surface area contributed by atoms with Crippen LogP contribution in [-0.2, 0) is 6.54 Å². The number of rotatable bonds is 4. The topological polar surface area (TPSA) is 116 Å². The van der Waals surface area contributed by atoms with Crippen LogP contribution in [0.25, 0.3) is 0 Å². The monoisotopic (exact) mass is 285 g/mol. The average Bonchev–Trinajstić information content (AvgIpc) is 2.86. The van der Waals surface area contributed by atoms with Gasteiger partial charge in [0.15, 0.2) is 0 Å². The number of furan rings is 1. The fourth-order valence-corrected chi connectivity index (χ4v) is 1.70. The molecule has 2 rings (SSSR count). The number of aromatic carboxylic acids is 1. The Morgan fingerprint density at radius 3 is 2.76 bits per heavy atom. The van der Waals surface area contributed by atoms with Crippen molar-refractivity contribution >= 4 is 11.9 Å². The largest absolute Gasteiger partial charge is 0.478 e. The van der Waals surface area contributed by atoms with Gasteiger partial charge in [0.1, 0.15) is 28.8 Å². The van der Waals surface area contributed by atoms with Gasteiger partial charge < -0.3 is 14.8 Å². The van der Waals surface area contributed by atoms with Gasteiger partial charge in [-0.05, 0) is 25.1 Å². The summed E-state index contributed by atoms with van der Waals surface area (Å²) in [5.41, 5.74) is 0.589. The summed E-state index contributed by atoms with van der Waals surface area (Å²) in [5.74, 6) is -0.900. The Hall–Kier alpha value is -3.14. The molecule has 7 heteroatoms. The van der Waals surface area contributed by atoms with E-state index in [0.29, 0.717) is 11.3 Å². The lowest BCUT2D eigenvalue weighted by Crippen LogP contribution is -2.23. The lowest BCUT2D eigenvalue weighted by atomic mass is 10.2. The van der Waals surface area contributed by atoms with Gasteiger partial charge in [0.2, 0.25) is 0 Å². The van der Waals surface area contributed by atoms with Crippen LogP contribution in [0, 0.1) is 18.3 Å². The van der Waals surface area contributed by atoms with Gasteiger partial charge in [-0.25, -0.2) is 9.78 Å². The van der Waals surface area contributed by atoms with E-state index in [-0.39, 0.29) is 23.6 Å². The number of carbonyl (C=O) groups excluding carboxylic acids is 1. The molecule has 0 fully saturated rings. The Morgan fingerprint density at radius 1 is 1.48 bits per heavy atom. The SMILES string of the molecule is Cc1oc(CNC(=O)c2ccc(C#N)cn2)cc1C(=O)O. The zero-order valence-corrected chi connectivity index (χ0v) is 11.1. The second-order valence-corrected chi connectivity index (χ2v) is 4.21. The van der Waals surface area contributed by atoms with E-state index in [0.717, 1.165) is 0 Å². The molecule has 2 aromatic rings. The van der Waals surface area contributed by atoms with Crippen LogP contribution in [0.5, 0.6) is 0 Å². The number of pyridine rings is 1. The molecule has 0 aliphatic heterocycles. The van der Waals surface area contributed by atoms with Crippen molar-refractivity contribution in [1.82, 2.24) is 10.3 Å².